The Morgan fingerprint density at radius 1 is 1.24 bits per heavy atom. The van der Waals surface area contributed by atoms with Gasteiger partial charge in [0.05, 0.1) is 4.34 Å². The summed E-state index contributed by atoms with van der Waals surface area (Å²) in [6, 6.07) is 5.06. The Morgan fingerprint density at radius 2 is 1.96 bits per heavy atom. The van der Waals surface area contributed by atoms with Gasteiger partial charge in [-0.3, -0.25) is 0 Å². The minimum absolute atomic E-state index is 0.284. The second-order valence-corrected chi connectivity index (χ2v) is 9.55. The van der Waals surface area contributed by atoms with Crippen molar-refractivity contribution in [3.05, 3.63) is 28.2 Å². The lowest BCUT2D eigenvalue weighted by molar-refractivity contribution is 0.383. The lowest BCUT2D eigenvalue weighted by Gasteiger charge is -2.33. The first kappa shape index (κ1) is 18.4. The van der Waals surface area contributed by atoms with Gasteiger partial charge in [-0.15, -0.1) is 11.3 Å². The molecule has 1 saturated heterocycles. The number of nitrogens with zero attached hydrogens (tertiary/aromatic N) is 4. The number of aromatic nitrogens is 2. The molecule has 7 nitrogen and oxygen atoms in total. The number of halogens is 1. The summed E-state index contributed by atoms with van der Waals surface area (Å²) in [5.74, 6) is 1.42. The highest BCUT2D eigenvalue weighted by Gasteiger charge is 2.30. The predicted molar refractivity (Wildman–Crippen MR) is 101 cm³/mol. The van der Waals surface area contributed by atoms with Crippen LogP contribution in [0, 0.1) is 6.92 Å². The van der Waals surface area contributed by atoms with E-state index in [1.165, 1.54) is 4.31 Å². The van der Waals surface area contributed by atoms with Crippen LogP contribution in [-0.4, -0.2) is 55.4 Å². The van der Waals surface area contributed by atoms with Crippen LogP contribution in [0.3, 0.4) is 0 Å². The van der Waals surface area contributed by atoms with Gasteiger partial charge in [-0.05, 0) is 26.0 Å². The highest BCUT2D eigenvalue weighted by molar-refractivity contribution is 7.91. The van der Waals surface area contributed by atoms with Crippen molar-refractivity contribution in [1.29, 1.82) is 0 Å². The van der Waals surface area contributed by atoms with Gasteiger partial charge in [-0.25, -0.2) is 13.4 Å². The topological polar surface area (TPSA) is 78.4 Å². The first-order valence-corrected chi connectivity index (χ1v) is 10.6. The van der Waals surface area contributed by atoms with Crippen LogP contribution in [0.5, 0.6) is 0 Å². The molecule has 0 radical (unpaired) electrons. The van der Waals surface area contributed by atoms with Gasteiger partial charge in [0.2, 0.25) is 5.95 Å². The van der Waals surface area contributed by atoms with Crippen molar-refractivity contribution in [3.63, 3.8) is 0 Å². The average molecular weight is 402 g/mol. The highest BCUT2D eigenvalue weighted by atomic mass is 35.5. The van der Waals surface area contributed by atoms with Crippen LogP contribution in [0.25, 0.3) is 0 Å². The third-order valence-corrected chi connectivity index (χ3v) is 7.46. The molecule has 1 fully saturated rings. The molecule has 25 heavy (non-hydrogen) atoms. The fraction of sp³-hybridized carbons (Fsp3) is 0.467. The Morgan fingerprint density at radius 3 is 2.56 bits per heavy atom. The summed E-state index contributed by atoms with van der Waals surface area (Å²) < 4.78 is 27.6. The molecule has 0 saturated carbocycles. The summed E-state index contributed by atoms with van der Waals surface area (Å²) in [6.07, 6.45) is 0. The van der Waals surface area contributed by atoms with E-state index in [-0.39, 0.29) is 4.21 Å². The summed E-state index contributed by atoms with van der Waals surface area (Å²) >= 11 is 6.95. The largest absolute Gasteiger partial charge is 0.370 e. The van der Waals surface area contributed by atoms with Crippen LogP contribution >= 0.6 is 22.9 Å². The van der Waals surface area contributed by atoms with Gasteiger partial charge in [0.1, 0.15) is 10.0 Å². The van der Waals surface area contributed by atoms with Crippen molar-refractivity contribution >= 4 is 44.7 Å². The highest BCUT2D eigenvalue weighted by Crippen LogP contribution is 2.29. The van der Waals surface area contributed by atoms with Crippen molar-refractivity contribution in [3.8, 4) is 0 Å². The number of anilines is 2. The van der Waals surface area contributed by atoms with Gasteiger partial charge in [0.15, 0.2) is 0 Å². The molecule has 3 rings (SSSR count). The first-order chi connectivity index (χ1) is 11.9. The lowest BCUT2D eigenvalue weighted by Crippen LogP contribution is -2.49. The van der Waals surface area contributed by atoms with Crippen molar-refractivity contribution in [2.75, 3.05) is 42.9 Å². The van der Waals surface area contributed by atoms with E-state index in [0.717, 1.165) is 29.4 Å². The second-order valence-electron chi connectivity index (χ2n) is 5.67. The standard InChI is InChI=1S/C15H20ClN5O2S2/c1-3-17-13-10-11(2)18-15(19-13)20-6-8-21(9-7-20)25(22,23)14-5-4-12(16)24-14/h4-5,10H,3,6-9H2,1-2H3,(H,17,18,19). The number of thiophene rings is 1. The van der Waals surface area contributed by atoms with E-state index >= 15 is 0 Å². The van der Waals surface area contributed by atoms with Crippen molar-refractivity contribution in [1.82, 2.24) is 14.3 Å². The summed E-state index contributed by atoms with van der Waals surface area (Å²) in [7, 11) is -3.48. The molecule has 1 aliphatic rings. The number of aryl methyl sites for hydroxylation is 1. The van der Waals surface area contributed by atoms with Crippen molar-refractivity contribution in [2.45, 2.75) is 18.1 Å². The van der Waals surface area contributed by atoms with Crippen LogP contribution in [0.4, 0.5) is 11.8 Å². The fourth-order valence-corrected chi connectivity index (χ4v) is 5.72. The molecule has 3 heterocycles. The molecular weight excluding hydrogens is 382 g/mol. The van der Waals surface area contributed by atoms with Crippen LogP contribution in [0.1, 0.15) is 12.6 Å². The van der Waals surface area contributed by atoms with Crippen LogP contribution in [0.2, 0.25) is 4.34 Å². The SMILES string of the molecule is CCNc1cc(C)nc(N2CCN(S(=O)(=O)c3ccc(Cl)s3)CC2)n1. The third-order valence-electron chi connectivity index (χ3n) is 3.86. The van der Waals surface area contributed by atoms with Gasteiger partial charge < -0.3 is 10.2 Å². The monoisotopic (exact) mass is 401 g/mol. The first-order valence-electron chi connectivity index (χ1n) is 8.00. The molecule has 136 valence electrons. The smallest absolute Gasteiger partial charge is 0.252 e. The van der Waals surface area contributed by atoms with E-state index < -0.39 is 10.0 Å². The second kappa shape index (κ2) is 7.45. The zero-order valence-corrected chi connectivity index (χ0v) is 16.5. The molecule has 0 atom stereocenters. The average Bonchev–Trinajstić information content (AvgIpc) is 3.02. The minimum Gasteiger partial charge on any atom is -0.370 e. The Balaban J connectivity index is 1.72. The Kier molecular flexibility index (Phi) is 5.47. The van der Waals surface area contributed by atoms with E-state index in [2.05, 4.69) is 15.3 Å². The molecule has 0 bridgehead atoms. The van der Waals surface area contributed by atoms with Gasteiger partial charge in [-0.2, -0.15) is 9.29 Å². The number of rotatable bonds is 5. The molecule has 0 aliphatic carbocycles. The maximum atomic E-state index is 12.7. The van der Waals surface area contributed by atoms with Crippen LogP contribution in [-0.2, 0) is 10.0 Å². The lowest BCUT2D eigenvalue weighted by atomic mass is 10.3. The van der Waals surface area contributed by atoms with Gasteiger partial charge in [0, 0.05) is 44.5 Å². The molecule has 1 N–H and O–H groups in total. The van der Waals surface area contributed by atoms with Gasteiger partial charge in [0.25, 0.3) is 10.0 Å². The summed E-state index contributed by atoms with van der Waals surface area (Å²) in [5.41, 5.74) is 0.879. The molecule has 0 unspecified atom stereocenters. The summed E-state index contributed by atoms with van der Waals surface area (Å²) in [6.45, 7) is 6.61. The van der Waals surface area contributed by atoms with Crippen LogP contribution in [0.15, 0.2) is 22.4 Å². The third kappa shape index (κ3) is 4.05. The maximum Gasteiger partial charge on any atom is 0.252 e. The summed E-state index contributed by atoms with van der Waals surface area (Å²) in [4.78, 5) is 11.0. The van der Waals surface area contributed by atoms with E-state index in [9.17, 15) is 8.42 Å². The van der Waals surface area contributed by atoms with Crippen molar-refractivity contribution < 1.29 is 8.42 Å². The van der Waals surface area contributed by atoms with E-state index in [1.807, 2.05) is 24.8 Å². The van der Waals surface area contributed by atoms with Gasteiger partial charge in [-0.1, -0.05) is 11.6 Å². The Hall–Kier alpha value is -1.42. The molecule has 0 amide bonds. The molecule has 2 aromatic rings. The molecule has 1 aliphatic heterocycles. The number of piperazine rings is 1. The van der Waals surface area contributed by atoms with E-state index in [4.69, 9.17) is 11.6 Å². The summed E-state index contributed by atoms with van der Waals surface area (Å²) in [5, 5.41) is 3.19. The quantitative estimate of drug-likeness (QED) is 0.829. The Bertz CT molecular complexity index is 847. The number of hydrogen-bond donors (Lipinski definition) is 1. The molecule has 2 aromatic heterocycles. The van der Waals surface area contributed by atoms with Gasteiger partial charge >= 0.3 is 0 Å². The number of hydrogen-bond acceptors (Lipinski definition) is 7. The molecular formula is C15H20ClN5O2S2. The minimum atomic E-state index is -3.48. The van der Waals surface area contributed by atoms with E-state index in [0.29, 0.717) is 36.5 Å². The van der Waals surface area contributed by atoms with E-state index in [1.54, 1.807) is 12.1 Å². The zero-order chi connectivity index (χ0) is 18.0. The Labute approximate surface area is 156 Å². The normalized spacial score (nSPS) is 16.2. The predicted octanol–water partition coefficient (Wildman–Crippen LogP) is 2.44. The fourth-order valence-electron chi connectivity index (χ4n) is 2.66. The maximum absolute atomic E-state index is 12.7. The van der Waals surface area contributed by atoms with Crippen molar-refractivity contribution in [2.24, 2.45) is 0 Å². The molecule has 0 spiro atoms. The number of sulfonamides is 1. The number of nitrogens with one attached hydrogen (secondary N) is 1. The zero-order valence-electron chi connectivity index (χ0n) is 14.1. The molecule has 0 aromatic carbocycles. The van der Waals surface area contributed by atoms with Crippen LogP contribution < -0.4 is 10.2 Å². The molecule has 10 heteroatoms.